The molecule has 132 valence electrons. The molecule has 3 aromatic rings. The predicted molar refractivity (Wildman–Crippen MR) is 94.1 cm³/mol. The van der Waals surface area contributed by atoms with Gasteiger partial charge < -0.3 is 9.88 Å². The largest absolute Gasteiger partial charge is 0.309 e. The first kappa shape index (κ1) is 17.2. The second-order valence-electron chi connectivity index (χ2n) is 6.04. The number of aromatic nitrogens is 4. The van der Waals surface area contributed by atoms with Gasteiger partial charge in [0, 0.05) is 18.4 Å². The number of nitrogens with zero attached hydrogens (tertiary/aromatic N) is 4. The fourth-order valence-corrected chi connectivity index (χ4v) is 3.47. The Balaban J connectivity index is 1.94. The number of rotatable bonds is 5. The Bertz CT molecular complexity index is 1030. The lowest BCUT2D eigenvalue weighted by Gasteiger charge is -2.13. The van der Waals surface area contributed by atoms with Crippen molar-refractivity contribution in [1.29, 1.82) is 0 Å². The van der Waals surface area contributed by atoms with E-state index in [0.717, 1.165) is 6.26 Å². The molecule has 0 fully saturated rings. The van der Waals surface area contributed by atoms with Crippen molar-refractivity contribution in [3.63, 3.8) is 0 Å². The number of hydrogen-bond donors (Lipinski definition) is 1. The molecule has 0 radical (unpaired) electrons. The van der Waals surface area contributed by atoms with E-state index in [1.54, 1.807) is 41.2 Å². The molecule has 3 rings (SSSR count). The number of benzene rings is 1. The minimum absolute atomic E-state index is 0.0888. The van der Waals surface area contributed by atoms with Gasteiger partial charge >= 0.3 is 0 Å². The monoisotopic (exact) mass is 361 g/mol. The molecule has 2 heterocycles. The van der Waals surface area contributed by atoms with Crippen molar-refractivity contribution in [2.24, 2.45) is 0 Å². The van der Waals surface area contributed by atoms with Crippen molar-refractivity contribution >= 4 is 32.6 Å². The molecule has 0 bridgehead atoms. The second-order valence-corrected chi connectivity index (χ2v) is 7.95. The van der Waals surface area contributed by atoms with Crippen LogP contribution in [-0.2, 0) is 21.2 Å². The summed E-state index contributed by atoms with van der Waals surface area (Å²) in [6.45, 7) is 3.74. The Morgan fingerprint density at radius 3 is 2.64 bits per heavy atom. The summed E-state index contributed by atoms with van der Waals surface area (Å²) >= 11 is 0. The zero-order valence-electron chi connectivity index (χ0n) is 14.2. The highest BCUT2D eigenvalue weighted by Gasteiger charge is 2.21. The van der Waals surface area contributed by atoms with Crippen LogP contribution in [-0.4, -0.2) is 39.9 Å². The molecule has 1 amide bonds. The number of imidazole rings is 1. The summed E-state index contributed by atoms with van der Waals surface area (Å²) in [7, 11) is -3.57. The van der Waals surface area contributed by atoms with Gasteiger partial charge in [-0.05, 0) is 26.0 Å². The van der Waals surface area contributed by atoms with E-state index >= 15 is 0 Å². The summed E-state index contributed by atoms with van der Waals surface area (Å²) < 4.78 is 27.2. The Morgan fingerprint density at radius 2 is 1.96 bits per heavy atom. The third-order valence-electron chi connectivity index (χ3n) is 3.68. The molecule has 2 aromatic heterocycles. The number of sulfone groups is 1. The summed E-state index contributed by atoms with van der Waals surface area (Å²) in [5.74, 6) is 0.209. The lowest BCUT2D eigenvalue weighted by molar-refractivity contribution is -0.116. The molecule has 0 aliphatic carbocycles. The van der Waals surface area contributed by atoms with Crippen LogP contribution < -0.4 is 5.32 Å². The van der Waals surface area contributed by atoms with Gasteiger partial charge in [0.05, 0.1) is 17.2 Å². The summed E-state index contributed by atoms with van der Waals surface area (Å²) in [6.07, 6.45) is 2.68. The van der Waals surface area contributed by atoms with Crippen molar-refractivity contribution in [1.82, 2.24) is 19.3 Å². The summed E-state index contributed by atoms with van der Waals surface area (Å²) in [4.78, 5) is 16.6. The summed E-state index contributed by atoms with van der Waals surface area (Å²) in [5.41, 5.74) is 1.12. The van der Waals surface area contributed by atoms with Gasteiger partial charge in [0.2, 0.25) is 20.9 Å². The molecular weight excluding hydrogens is 342 g/mol. The maximum Gasteiger partial charge on any atom is 0.245 e. The first-order chi connectivity index (χ1) is 11.8. The van der Waals surface area contributed by atoms with Crippen LogP contribution in [0, 0.1) is 0 Å². The van der Waals surface area contributed by atoms with E-state index in [9.17, 15) is 13.2 Å². The van der Waals surface area contributed by atoms with Crippen LogP contribution in [0.5, 0.6) is 0 Å². The van der Waals surface area contributed by atoms with Gasteiger partial charge in [-0.25, -0.2) is 18.1 Å². The third kappa shape index (κ3) is 3.41. The fourth-order valence-electron chi connectivity index (χ4n) is 2.64. The highest BCUT2D eigenvalue weighted by atomic mass is 32.2. The molecule has 0 saturated carbocycles. The van der Waals surface area contributed by atoms with E-state index in [4.69, 9.17) is 0 Å². The van der Waals surface area contributed by atoms with Gasteiger partial charge in [-0.2, -0.15) is 5.10 Å². The highest BCUT2D eigenvalue weighted by Crippen LogP contribution is 2.20. The van der Waals surface area contributed by atoms with Gasteiger partial charge in [-0.1, -0.05) is 12.1 Å². The molecule has 0 atom stereocenters. The van der Waals surface area contributed by atoms with Crippen LogP contribution in [0.3, 0.4) is 0 Å². The lowest BCUT2D eigenvalue weighted by Crippen LogP contribution is -2.23. The zero-order chi connectivity index (χ0) is 18.2. The van der Waals surface area contributed by atoms with Crippen molar-refractivity contribution < 1.29 is 13.2 Å². The van der Waals surface area contributed by atoms with E-state index in [2.05, 4.69) is 15.4 Å². The van der Waals surface area contributed by atoms with Gasteiger partial charge in [0.15, 0.2) is 0 Å². The molecule has 25 heavy (non-hydrogen) atoms. The molecule has 8 nitrogen and oxygen atoms in total. The Kier molecular flexibility index (Phi) is 4.34. The van der Waals surface area contributed by atoms with Crippen LogP contribution in [0.2, 0.25) is 0 Å². The topological polar surface area (TPSA) is 98.9 Å². The van der Waals surface area contributed by atoms with E-state index in [1.807, 2.05) is 13.8 Å². The number of para-hydroxylation sites is 2. The Hall–Kier alpha value is -2.68. The van der Waals surface area contributed by atoms with Crippen molar-refractivity contribution in [3.05, 3.63) is 36.5 Å². The van der Waals surface area contributed by atoms with E-state index in [0.29, 0.717) is 16.9 Å². The van der Waals surface area contributed by atoms with Crippen LogP contribution in [0.4, 0.5) is 5.82 Å². The first-order valence-corrected chi connectivity index (χ1v) is 9.65. The van der Waals surface area contributed by atoms with Crippen LogP contribution in [0.25, 0.3) is 11.0 Å². The van der Waals surface area contributed by atoms with E-state index < -0.39 is 9.84 Å². The fraction of sp³-hybridized carbons (Fsp3) is 0.312. The number of fused-ring (bicyclic) bond motifs is 1. The summed E-state index contributed by atoms with van der Waals surface area (Å²) in [6, 6.07) is 8.78. The van der Waals surface area contributed by atoms with Crippen LogP contribution in [0.1, 0.15) is 19.9 Å². The summed E-state index contributed by atoms with van der Waals surface area (Å²) in [5, 5.41) is 6.81. The predicted octanol–water partition coefficient (Wildman–Crippen LogP) is 1.86. The normalized spacial score (nSPS) is 12.0. The molecule has 0 aliphatic rings. The maximum absolute atomic E-state index is 12.5. The SMILES string of the molecule is CC(C)n1nccc1NC(=O)Cn1c(S(C)(=O)=O)nc2ccccc21. The maximum atomic E-state index is 12.5. The molecule has 1 N–H and O–H groups in total. The lowest BCUT2D eigenvalue weighted by atomic mass is 10.3. The van der Waals surface area contributed by atoms with Gasteiger partial charge in [0.25, 0.3) is 0 Å². The quantitative estimate of drug-likeness (QED) is 0.748. The first-order valence-electron chi connectivity index (χ1n) is 7.76. The Morgan fingerprint density at radius 1 is 1.24 bits per heavy atom. The molecule has 1 aromatic carbocycles. The van der Waals surface area contributed by atoms with Gasteiger partial charge in [-0.3, -0.25) is 4.79 Å². The number of carbonyl (C=O) groups is 1. The van der Waals surface area contributed by atoms with Crippen molar-refractivity contribution in [3.8, 4) is 0 Å². The molecule has 0 aliphatic heterocycles. The highest BCUT2D eigenvalue weighted by molar-refractivity contribution is 7.90. The molecule has 0 saturated heterocycles. The second kappa shape index (κ2) is 6.32. The Labute approximate surface area is 145 Å². The van der Waals surface area contributed by atoms with Crippen molar-refractivity contribution in [2.75, 3.05) is 11.6 Å². The standard InChI is InChI=1S/C16H19N5O3S/c1-11(2)21-14(8-9-17-21)19-15(22)10-20-13-7-5-4-6-12(13)18-16(20)25(3,23)24/h4-9,11H,10H2,1-3H3,(H,19,22). The smallest absolute Gasteiger partial charge is 0.245 e. The van der Waals surface area contributed by atoms with Crippen LogP contribution >= 0.6 is 0 Å². The number of amides is 1. The average Bonchev–Trinajstić information content (AvgIpc) is 3.12. The zero-order valence-corrected chi connectivity index (χ0v) is 15.0. The number of nitrogens with one attached hydrogen (secondary N) is 1. The number of hydrogen-bond acceptors (Lipinski definition) is 5. The van der Waals surface area contributed by atoms with E-state index in [-0.39, 0.29) is 23.7 Å². The minimum atomic E-state index is -3.57. The van der Waals surface area contributed by atoms with Gasteiger partial charge in [-0.15, -0.1) is 0 Å². The third-order valence-corrected chi connectivity index (χ3v) is 4.65. The minimum Gasteiger partial charge on any atom is -0.309 e. The molecule has 0 spiro atoms. The number of carbonyl (C=O) groups excluding carboxylic acids is 1. The molecular formula is C16H19N5O3S. The van der Waals surface area contributed by atoms with Crippen LogP contribution in [0.15, 0.2) is 41.7 Å². The number of anilines is 1. The average molecular weight is 361 g/mol. The van der Waals surface area contributed by atoms with Gasteiger partial charge in [0.1, 0.15) is 12.4 Å². The van der Waals surface area contributed by atoms with E-state index in [1.165, 1.54) is 4.57 Å². The molecule has 0 unspecified atom stereocenters. The molecule has 9 heteroatoms. The van der Waals surface area contributed by atoms with Crippen molar-refractivity contribution in [2.45, 2.75) is 31.6 Å².